The molecule has 0 amide bonds. The lowest BCUT2D eigenvalue weighted by molar-refractivity contribution is 0.661. The molecule has 0 spiro atoms. The first kappa shape index (κ1) is 30.2. The summed E-state index contributed by atoms with van der Waals surface area (Å²) in [5, 5.41) is 5.03. The van der Waals surface area contributed by atoms with Crippen LogP contribution in [0.1, 0.15) is 25.0 Å². The van der Waals surface area contributed by atoms with E-state index >= 15 is 0 Å². The van der Waals surface area contributed by atoms with Crippen LogP contribution in [0, 0.1) is 0 Å². The molecule has 0 unspecified atom stereocenters. The van der Waals surface area contributed by atoms with Crippen molar-refractivity contribution in [2.75, 3.05) is 0 Å². The molecule has 0 atom stereocenters. The molecule has 1 aliphatic rings. The van der Waals surface area contributed by atoms with Gasteiger partial charge in [-0.25, -0.2) is 4.98 Å². The zero-order valence-corrected chi connectivity index (χ0v) is 30.0. The summed E-state index contributed by atoms with van der Waals surface area (Å²) in [6.07, 6.45) is 0. The van der Waals surface area contributed by atoms with Crippen LogP contribution in [0.5, 0.6) is 0 Å². The molecule has 4 nitrogen and oxygen atoms in total. The number of nitrogens with zero attached hydrogens (tertiary/aromatic N) is 4. The third-order valence-corrected chi connectivity index (χ3v) is 12.2. The predicted molar refractivity (Wildman–Crippen MR) is 221 cm³/mol. The quantitative estimate of drug-likeness (QED) is 0.184. The zero-order valence-electron chi connectivity index (χ0n) is 29.2. The van der Waals surface area contributed by atoms with E-state index in [9.17, 15) is 0 Å². The van der Waals surface area contributed by atoms with Crippen molar-refractivity contribution in [1.29, 1.82) is 0 Å². The summed E-state index contributed by atoms with van der Waals surface area (Å²) in [6, 6.07) is 56.4. The second-order valence-corrected chi connectivity index (χ2v) is 15.6. The van der Waals surface area contributed by atoms with E-state index in [1.807, 2.05) is 47.7 Å². The molecular formula is C48H32N4S. The van der Waals surface area contributed by atoms with Gasteiger partial charge in [0.05, 0.1) is 11.0 Å². The number of hydrogen-bond acceptors (Lipinski definition) is 4. The van der Waals surface area contributed by atoms with Gasteiger partial charge in [-0.1, -0.05) is 135 Å². The van der Waals surface area contributed by atoms with Crippen LogP contribution in [0.2, 0.25) is 0 Å². The minimum absolute atomic E-state index is 0.187. The Morgan fingerprint density at radius 3 is 1.79 bits per heavy atom. The average molecular weight is 697 g/mol. The molecular weight excluding hydrogens is 665 g/mol. The SMILES string of the molecule is CC1(C)c2cc(-c3ccc4c(c3)sc3ccccc34)ccc2-c2cc3c(cc21)c1ccccc1n3-c1nc(-c2ccccc2)nc(-c2ccccc2)n1. The minimum atomic E-state index is -0.187. The summed E-state index contributed by atoms with van der Waals surface area (Å²) in [5.41, 5.74) is 11.6. The normalized spacial score (nSPS) is 13.2. The molecule has 11 rings (SSSR count). The summed E-state index contributed by atoms with van der Waals surface area (Å²) in [6.45, 7) is 4.73. The van der Waals surface area contributed by atoms with Gasteiger partial charge in [0.15, 0.2) is 11.6 Å². The van der Waals surface area contributed by atoms with Crippen LogP contribution in [-0.4, -0.2) is 19.5 Å². The van der Waals surface area contributed by atoms with Gasteiger partial charge in [0, 0.05) is 47.5 Å². The molecule has 10 aromatic rings. The van der Waals surface area contributed by atoms with E-state index in [1.54, 1.807) is 0 Å². The van der Waals surface area contributed by atoms with Crippen molar-refractivity contribution in [3.63, 3.8) is 0 Å². The summed E-state index contributed by atoms with van der Waals surface area (Å²) >= 11 is 1.87. The van der Waals surface area contributed by atoms with Crippen LogP contribution < -0.4 is 0 Å². The Kier molecular flexibility index (Phi) is 6.43. The lowest BCUT2D eigenvalue weighted by Crippen LogP contribution is -2.15. The number of benzene rings is 7. The predicted octanol–water partition coefficient (Wildman–Crippen LogP) is 12.6. The molecule has 5 heteroatoms. The Labute approximate surface area is 310 Å². The van der Waals surface area contributed by atoms with Gasteiger partial charge in [-0.05, 0) is 69.8 Å². The molecule has 3 aromatic heterocycles. The molecule has 0 aliphatic heterocycles. The number of hydrogen-bond donors (Lipinski definition) is 0. The van der Waals surface area contributed by atoms with Crippen LogP contribution in [-0.2, 0) is 5.41 Å². The van der Waals surface area contributed by atoms with Crippen molar-refractivity contribution >= 4 is 53.3 Å². The van der Waals surface area contributed by atoms with Crippen molar-refractivity contribution in [3.8, 4) is 51.0 Å². The Bertz CT molecular complexity index is 3020. The zero-order chi connectivity index (χ0) is 35.3. The van der Waals surface area contributed by atoms with E-state index in [0.717, 1.165) is 22.2 Å². The van der Waals surface area contributed by atoms with Crippen LogP contribution in [0.25, 0.3) is 93.0 Å². The smallest absolute Gasteiger partial charge is 0.238 e. The van der Waals surface area contributed by atoms with Gasteiger partial charge in [0.2, 0.25) is 5.95 Å². The van der Waals surface area contributed by atoms with Crippen LogP contribution in [0.3, 0.4) is 0 Å². The highest BCUT2D eigenvalue weighted by Gasteiger charge is 2.37. The molecule has 1 aliphatic carbocycles. The number of para-hydroxylation sites is 1. The lowest BCUT2D eigenvalue weighted by atomic mass is 9.81. The maximum absolute atomic E-state index is 5.16. The first-order chi connectivity index (χ1) is 26.0. The fourth-order valence-electron chi connectivity index (χ4n) is 8.39. The summed E-state index contributed by atoms with van der Waals surface area (Å²) in [5.74, 6) is 1.90. The van der Waals surface area contributed by atoms with Gasteiger partial charge in [0.25, 0.3) is 0 Å². The second-order valence-electron chi connectivity index (χ2n) is 14.5. The Morgan fingerprint density at radius 1 is 0.434 bits per heavy atom. The minimum Gasteiger partial charge on any atom is -0.278 e. The molecule has 7 aromatic carbocycles. The highest BCUT2D eigenvalue weighted by atomic mass is 32.1. The third kappa shape index (κ3) is 4.57. The molecule has 0 bridgehead atoms. The third-order valence-electron chi connectivity index (χ3n) is 11.1. The monoisotopic (exact) mass is 696 g/mol. The number of fused-ring (bicyclic) bond motifs is 9. The first-order valence-electron chi connectivity index (χ1n) is 18.0. The van der Waals surface area contributed by atoms with Crippen molar-refractivity contribution < 1.29 is 0 Å². The summed E-state index contributed by atoms with van der Waals surface area (Å²) in [4.78, 5) is 15.3. The van der Waals surface area contributed by atoms with E-state index in [0.29, 0.717) is 17.6 Å². The van der Waals surface area contributed by atoms with E-state index < -0.39 is 0 Å². The maximum Gasteiger partial charge on any atom is 0.238 e. The Morgan fingerprint density at radius 2 is 1.04 bits per heavy atom. The van der Waals surface area contributed by atoms with Crippen LogP contribution in [0.4, 0.5) is 0 Å². The number of rotatable bonds is 4. The molecule has 3 heterocycles. The highest BCUT2D eigenvalue weighted by Crippen LogP contribution is 2.52. The Hall–Kier alpha value is -6.43. The largest absolute Gasteiger partial charge is 0.278 e. The standard InChI is InChI=1S/C48H32N4S/c1-48(2)39-25-31(32-22-24-36-35-18-10-12-20-43(35)53-44(36)26-32)21-23-33(39)37-28-42-38(27-40(37)48)34-17-9-11-19-41(34)52(42)47-50-45(29-13-5-3-6-14-29)49-46(51-47)30-15-7-4-8-16-30/h3-28H,1-2H3. The van der Waals surface area contributed by atoms with Crippen molar-refractivity contribution in [2.45, 2.75) is 19.3 Å². The Balaban J connectivity index is 1.11. The van der Waals surface area contributed by atoms with E-state index in [4.69, 9.17) is 15.0 Å². The molecule has 0 fully saturated rings. The van der Waals surface area contributed by atoms with E-state index in [-0.39, 0.29) is 5.41 Å². The lowest BCUT2D eigenvalue weighted by Gasteiger charge is -2.22. The number of aromatic nitrogens is 4. The maximum atomic E-state index is 5.16. The van der Waals surface area contributed by atoms with Crippen LogP contribution >= 0.6 is 11.3 Å². The van der Waals surface area contributed by atoms with Gasteiger partial charge in [0.1, 0.15) is 0 Å². The molecule has 250 valence electrons. The fourth-order valence-corrected chi connectivity index (χ4v) is 9.54. The summed E-state index contributed by atoms with van der Waals surface area (Å²) in [7, 11) is 0. The molecule has 0 saturated carbocycles. The highest BCUT2D eigenvalue weighted by molar-refractivity contribution is 7.25. The molecule has 0 saturated heterocycles. The molecule has 0 N–H and O–H groups in total. The number of thiophene rings is 1. The topological polar surface area (TPSA) is 43.6 Å². The van der Waals surface area contributed by atoms with Crippen LogP contribution in [0.15, 0.2) is 158 Å². The van der Waals surface area contributed by atoms with Gasteiger partial charge in [-0.15, -0.1) is 11.3 Å². The van der Waals surface area contributed by atoms with Gasteiger partial charge < -0.3 is 0 Å². The van der Waals surface area contributed by atoms with Gasteiger partial charge >= 0.3 is 0 Å². The first-order valence-corrected chi connectivity index (χ1v) is 18.8. The van der Waals surface area contributed by atoms with Gasteiger partial charge in [-0.2, -0.15) is 9.97 Å². The average Bonchev–Trinajstić information content (AvgIpc) is 3.82. The fraction of sp³-hybridized carbons (Fsp3) is 0.0625. The van der Waals surface area contributed by atoms with E-state index in [2.05, 4.69) is 140 Å². The molecule has 0 radical (unpaired) electrons. The van der Waals surface area contributed by atoms with E-state index in [1.165, 1.54) is 64.3 Å². The van der Waals surface area contributed by atoms with Crippen molar-refractivity contribution in [2.24, 2.45) is 0 Å². The van der Waals surface area contributed by atoms with Gasteiger partial charge in [-0.3, -0.25) is 4.57 Å². The van der Waals surface area contributed by atoms with Crippen molar-refractivity contribution in [3.05, 3.63) is 169 Å². The van der Waals surface area contributed by atoms with Crippen molar-refractivity contribution in [1.82, 2.24) is 19.5 Å². The second kappa shape index (κ2) is 11.3. The summed E-state index contributed by atoms with van der Waals surface area (Å²) < 4.78 is 4.88. The molecule has 53 heavy (non-hydrogen) atoms.